The number of hydrogen-bond acceptors (Lipinski definition) is 2. The molecule has 1 aliphatic rings. The molecular formula is C24H24F2N2O2. The van der Waals surface area contributed by atoms with Crippen molar-refractivity contribution in [2.24, 2.45) is 0 Å². The minimum atomic E-state index is -0.328. The molecule has 3 rings (SSSR count). The fraction of sp³-hybridized carbons (Fsp3) is 0.250. The highest BCUT2D eigenvalue weighted by Crippen LogP contribution is 2.19. The molecule has 2 N–H and O–H groups in total. The summed E-state index contributed by atoms with van der Waals surface area (Å²) in [5.41, 5.74) is 1.46. The Morgan fingerprint density at radius 1 is 0.700 bits per heavy atom. The molecular weight excluding hydrogens is 386 g/mol. The van der Waals surface area contributed by atoms with Gasteiger partial charge in [-0.25, -0.2) is 8.78 Å². The second-order valence-electron chi connectivity index (χ2n) is 7.28. The molecule has 0 saturated heterocycles. The maximum absolute atomic E-state index is 13.0. The number of nitrogens with one attached hydrogen (secondary N) is 2. The molecule has 6 heteroatoms. The molecule has 1 fully saturated rings. The third kappa shape index (κ3) is 6.65. The molecule has 0 radical (unpaired) electrons. The number of carbonyl (C=O) groups is 2. The Bertz CT molecular complexity index is 844. The van der Waals surface area contributed by atoms with Crippen LogP contribution in [0.1, 0.15) is 36.8 Å². The number of hydrogen-bond donors (Lipinski definition) is 2. The van der Waals surface area contributed by atoms with Gasteiger partial charge in [0.25, 0.3) is 0 Å². The first-order chi connectivity index (χ1) is 14.5. The standard InChI is InChI=1S/C24H24F2N2O2/c25-19-11-5-17(6-12-19)9-15-23(29)27-21-3-1-2-4-22(21)28-24(30)16-10-18-7-13-20(26)14-8-18/h5-16,21-22H,1-4H2,(H,27,29)(H,28,30). The van der Waals surface area contributed by atoms with Crippen LogP contribution in [0.3, 0.4) is 0 Å². The lowest BCUT2D eigenvalue weighted by molar-refractivity contribution is -0.120. The van der Waals surface area contributed by atoms with Crippen LogP contribution in [0.4, 0.5) is 8.78 Å². The van der Waals surface area contributed by atoms with Crippen LogP contribution in [0.25, 0.3) is 12.2 Å². The van der Waals surface area contributed by atoms with Gasteiger partial charge in [-0.1, -0.05) is 37.1 Å². The summed E-state index contributed by atoms with van der Waals surface area (Å²) in [6, 6.07) is 11.4. The molecule has 2 atom stereocenters. The Hall–Kier alpha value is -3.28. The van der Waals surface area contributed by atoms with Gasteiger partial charge in [0.15, 0.2) is 0 Å². The van der Waals surface area contributed by atoms with Crippen molar-refractivity contribution < 1.29 is 18.4 Å². The predicted octanol–water partition coefficient (Wildman–Crippen LogP) is 4.24. The zero-order valence-electron chi connectivity index (χ0n) is 16.5. The summed E-state index contributed by atoms with van der Waals surface area (Å²) in [6.45, 7) is 0. The molecule has 0 spiro atoms. The minimum absolute atomic E-state index is 0.160. The van der Waals surface area contributed by atoms with Crippen LogP contribution in [0, 0.1) is 11.6 Å². The van der Waals surface area contributed by atoms with Crippen LogP contribution < -0.4 is 10.6 Å². The van der Waals surface area contributed by atoms with Crippen LogP contribution in [0.2, 0.25) is 0 Å². The van der Waals surface area contributed by atoms with Gasteiger partial charge in [-0.15, -0.1) is 0 Å². The van der Waals surface area contributed by atoms with Crippen molar-refractivity contribution in [1.82, 2.24) is 10.6 Å². The van der Waals surface area contributed by atoms with Gasteiger partial charge < -0.3 is 10.6 Å². The van der Waals surface area contributed by atoms with Crippen LogP contribution in [0.5, 0.6) is 0 Å². The molecule has 30 heavy (non-hydrogen) atoms. The normalized spacial score (nSPS) is 19.1. The van der Waals surface area contributed by atoms with Crippen molar-refractivity contribution in [2.45, 2.75) is 37.8 Å². The molecule has 156 valence electrons. The SMILES string of the molecule is O=C(C=Cc1ccc(F)cc1)NC1CCCCC1NC(=O)C=Cc1ccc(F)cc1. The summed E-state index contributed by atoms with van der Waals surface area (Å²) in [4.78, 5) is 24.6. The predicted molar refractivity (Wildman–Crippen MR) is 113 cm³/mol. The quantitative estimate of drug-likeness (QED) is 0.700. The Morgan fingerprint density at radius 2 is 1.07 bits per heavy atom. The topological polar surface area (TPSA) is 58.2 Å². The van der Waals surface area contributed by atoms with Gasteiger partial charge in [-0.3, -0.25) is 9.59 Å². The van der Waals surface area contributed by atoms with E-state index in [0.29, 0.717) is 0 Å². The molecule has 0 heterocycles. The van der Waals surface area contributed by atoms with Gasteiger partial charge in [0.05, 0.1) is 0 Å². The Labute approximate surface area is 174 Å². The second-order valence-corrected chi connectivity index (χ2v) is 7.28. The molecule has 4 nitrogen and oxygen atoms in total. The summed E-state index contributed by atoms with van der Waals surface area (Å²) in [6.07, 6.45) is 9.58. The highest BCUT2D eigenvalue weighted by atomic mass is 19.1. The maximum Gasteiger partial charge on any atom is 0.244 e. The van der Waals surface area contributed by atoms with E-state index < -0.39 is 0 Å². The van der Waals surface area contributed by atoms with Crippen LogP contribution >= 0.6 is 0 Å². The Morgan fingerprint density at radius 3 is 1.43 bits per heavy atom. The summed E-state index contributed by atoms with van der Waals surface area (Å²) in [5, 5.41) is 5.91. The van der Waals surface area contributed by atoms with E-state index in [2.05, 4.69) is 10.6 Å². The number of halogens is 2. The summed E-state index contributed by atoms with van der Waals surface area (Å²) in [5.74, 6) is -1.17. The van der Waals surface area contributed by atoms with Crippen LogP contribution in [0.15, 0.2) is 60.7 Å². The third-order valence-corrected chi connectivity index (χ3v) is 5.02. The lowest BCUT2D eigenvalue weighted by Crippen LogP contribution is -2.52. The van der Waals surface area contributed by atoms with Crippen LogP contribution in [-0.4, -0.2) is 23.9 Å². The van der Waals surface area contributed by atoms with Gasteiger partial charge in [0.2, 0.25) is 11.8 Å². The van der Waals surface area contributed by atoms with E-state index >= 15 is 0 Å². The van der Waals surface area contributed by atoms with E-state index in [4.69, 9.17) is 0 Å². The van der Waals surface area contributed by atoms with Crippen molar-refractivity contribution >= 4 is 24.0 Å². The molecule has 1 aliphatic carbocycles. The zero-order valence-corrected chi connectivity index (χ0v) is 16.5. The molecule has 0 bridgehead atoms. The van der Waals surface area contributed by atoms with Gasteiger partial charge in [-0.05, 0) is 60.4 Å². The molecule has 2 amide bonds. The first kappa shape index (κ1) is 21.4. The average molecular weight is 410 g/mol. The minimum Gasteiger partial charge on any atom is -0.348 e. The number of benzene rings is 2. The van der Waals surface area contributed by atoms with Crippen molar-refractivity contribution in [3.8, 4) is 0 Å². The Kier molecular flexibility index (Phi) is 7.49. The molecule has 2 unspecified atom stereocenters. The second kappa shape index (κ2) is 10.5. The smallest absolute Gasteiger partial charge is 0.244 e. The van der Waals surface area contributed by atoms with E-state index in [-0.39, 0.29) is 35.5 Å². The van der Waals surface area contributed by atoms with Gasteiger partial charge in [-0.2, -0.15) is 0 Å². The van der Waals surface area contributed by atoms with Crippen molar-refractivity contribution in [1.29, 1.82) is 0 Å². The van der Waals surface area contributed by atoms with Crippen molar-refractivity contribution in [2.75, 3.05) is 0 Å². The molecule has 1 saturated carbocycles. The van der Waals surface area contributed by atoms with E-state index in [1.807, 2.05) is 0 Å². The van der Waals surface area contributed by atoms with E-state index in [0.717, 1.165) is 36.8 Å². The first-order valence-electron chi connectivity index (χ1n) is 9.98. The fourth-order valence-corrected chi connectivity index (χ4v) is 3.43. The van der Waals surface area contributed by atoms with Gasteiger partial charge in [0, 0.05) is 24.2 Å². The highest BCUT2D eigenvalue weighted by molar-refractivity contribution is 5.93. The third-order valence-electron chi connectivity index (χ3n) is 5.02. The fourth-order valence-electron chi connectivity index (χ4n) is 3.43. The van der Waals surface area contributed by atoms with Gasteiger partial charge >= 0.3 is 0 Å². The summed E-state index contributed by atoms with van der Waals surface area (Å²) < 4.78 is 25.9. The lowest BCUT2D eigenvalue weighted by Gasteiger charge is -2.32. The number of amides is 2. The zero-order chi connectivity index (χ0) is 21.3. The van der Waals surface area contributed by atoms with Crippen molar-refractivity contribution in [3.05, 3.63) is 83.4 Å². The molecule has 0 aliphatic heterocycles. The molecule has 0 aromatic heterocycles. The molecule has 2 aromatic carbocycles. The average Bonchev–Trinajstić information content (AvgIpc) is 2.74. The van der Waals surface area contributed by atoms with Gasteiger partial charge in [0.1, 0.15) is 11.6 Å². The Balaban J connectivity index is 1.54. The van der Waals surface area contributed by atoms with Crippen LogP contribution in [-0.2, 0) is 9.59 Å². The largest absolute Gasteiger partial charge is 0.348 e. The van der Waals surface area contributed by atoms with E-state index in [1.165, 1.54) is 36.4 Å². The van der Waals surface area contributed by atoms with E-state index in [1.54, 1.807) is 36.4 Å². The van der Waals surface area contributed by atoms with E-state index in [9.17, 15) is 18.4 Å². The maximum atomic E-state index is 13.0. The lowest BCUT2D eigenvalue weighted by atomic mass is 9.90. The number of rotatable bonds is 6. The summed E-state index contributed by atoms with van der Waals surface area (Å²) >= 11 is 0. The number of carbonyl (C=O) groups excluding carboxylic acids is 2. The molecule has 2 aromatic rings. The van der Waals surface area contributed by atoms with Crippen molar-refractivity contribution in [3.63, 3.8) is 0 Å². The summed E-state index contributed by atoms with van der Waals surface area (Å²) in [7, 11) is 0. The highest BCUT2D eigenvalue weighted by Gasteiger charge is 2.26. The first-order valence-corrected chi connectivity index (χ1v) is 9.98. The monoisotopic (exact) mass is 410 g/mol.